The van der Waals surface area contributed by atoms with Gasteiger partial charge in [-0.05, 0) is 77.6 Å². The minimum Gasteiger partial charge on any atom is -0.351 e. The van der Waals surface area contributed by atoms with Crippen molar-refractivity contribution in [3.8, 4) is 0 Å². The number of amides is 3. The van der Waals surface area contributed by atoms with Gasteiger partial charge >= 0.3 is 6.03 Å². The average Bonchev–Trinajstić information content (AvgIpc) is 3.21. The molecule has 2 aromatic rings. The zero-order valence-electron chi connectivity index (χ0n) is 16.4. The van der Waals surface area contributed by atoms with Gasteiger partial charge in [-0.25, -0.2) is 4.79 Å². The van der Waals surface area contributed by atoms with Gasteiger partial charge in [0.15, 0.2) is 0 Å². The van der Waals surface area contributed by atoms with Crippen LogP contribution in [-0.2, 0) is 11.2 Å². The van der Waals surface area contributed by atoms with Crippen LogP contribution in [0.15, 0.2) is 22.8 Å². The standard InChI is InChI=1S/C21H27BrN5O2/c22-18-12-14(11-17-13-24-25-20(17)18)1-2-19(28)26-7-3-15(4-8-26)16-5-9-27(10-6-16)21(23)29/h2,11-13,15-16H,1,3-10H2,(H2,23,29)(H,24,25). The van der Waals surface area contributed by atoms with Crippen molar-refractivity contribution < 1.29 is 9.59 Å². The number of benzene rings is 1. The third-order valence-electron chi connectivity index (χ3n) is 6.44. The Bertz CT molecular complexity index is 882. The number of aromatic amines is 1. The molecule has 0 saturated carbocycles. The van der Waals surface area contributed by atoms with Crippen molar-refractivity contribution in [1.82, 2.24) is 20.0 Å². The Kier molecular flexibility index (Phi) is 6.08. The highest BCUT2D eigenvalue weighted by Crippen LogP contribution is 2.32. The number of carbonyl (C=O) groups excluding carboxylic acids is 2. The topological polar surface area (TPSA) is 95.3 Å². The lowest BCUT2D eigenvalue weighted by atomic mass is 9.79. The van der Waals surface area contributed by atoms with E-state index in [-0.39, 0.29) is 11.9 Å². The molecule has 2 aliphatic rings. The van der Waals surface area contributed by atoms with Gasteiger partial charge in [0.05, 0.1) is 18.1 Å². The monoisotopic (exact) mass is 460 g/mol. The van der Waals surface area contributed by atoms with Crippen LogP contribution in [0.2, 0.25) is 0 Å². The fraction of sp³-hybridized carbons (Fsp3) is 0.524. The average molecular weight is 461 g/mol. The van der Waals surface area contributed by atoms with E-state index in [0.29, 0.717) is 18.3 Å². The molecule has 29 heavy (non-hydrogen) atoms. The lowest BCUT2D eigenvalue weighted by Gasteiger charge is -2.39. The van der Waals surface area contributed by atoms with Crippen LogP contribution in [0.1, 0.15) is 31.2 Å². The molecule has 0 unspecified atom stereocenters. The number of halogens is 1. The van der Waals surface area contributed by atoms with E-state index in [1.807, 2.05) is 11.0 Å². The van der Waals surface area contributed by atoms with Crippen molar-refractivity contribution >= 4 is 38.8 Å². The smallest absolute Gasteiger partial charge is 0.314 e. The number of carbonyl (C=O) groups is 2. The number of nitrogens with one attached hydrogen (secondary N) is 1. The largest absolute Gasteiger partial charge is 0.351 e. The molecule has 7 nitrogen and oxygen atoms in total. The van der Waals surface area contributed by atoms with Gasteiger partial charge in [-0.15, -0.1) is 0 Å². The van der Waals surface area contributed by atoms with Crippen molar-refractivity contribution in [3.63, 3.8) is 0 Å². The summed E-state index contributed by atoms with van der Waals surface area (Å²) in [6, 6.07) is 3.80. The van der Waals surface area contributed by atoms with Crippen LogP contribution >= 0.6 is 15.9 Å². The van der Waals surface area contributed by atoms with E-state index in [4.69, 9.17) is 5.73 Å². The number of rotatable bonds is 4. The van der Waals surface area contributed by atoms with Gasteiger partial charge < -0.3 is 15.5 Å². The first-order valence-corrected chi connectivity index (χ1v) is 11.1. The van der Waals surface area contributed by atoms with Gasteiger partial charge in [0.25, 0.3) is 0 Å². The van der Waals surface area contributed by atoms with Crippen molar-refractivity contribution in [2.45, 2.75) is 32.1 Å². The molecule has 0 spiro atoms. The van der Waals surface area contributed by atoms with Crippen molar-refractivity contribution in [3.05, 3.63) is 34.8 Å². The van der Waals surface area contributed by atoms with Crippen LogP contribution < -0.4 is 5.73 Å². The number of aromatic nitrogens is 2. The first-order valence-electron chi connectivity index (χ1n) is 10.3. The molecule has 1 aromatic carbocycles. The van der Waals surface area contributed by atoms with Crippen LogP contribution in [0.3, 0.4) is 0 Å². The SMILES string of the molecule is NC(=O)N1CCC(C2CCN(C(=O)[CH]Cc3cc(Br)c4[nH]ncc4c3)CC2)CC1. The highest BCUT2D eigenvalue weighted by atomic mass is 79.9. The van der Waals surface area contributed by atoms with Crippen LogP contribution in [0, 0.1) is 18.3 Å². The van der Waals surface area contributed by atoms with Crippen LogP contribution in [0.4, 0.5) is 4.79 Å². The molecule has 2 fully saturated rings. The quantitative estimate of drug-likeness (QED) is 0.733. The fourth-order valence-electron chi connectivity index (χ4n) is 4.71. The summed E-state index contributed by atoms with van der Waals surface area (Å²) < 4.78 is 0.964. The molecule has 4 rings (SSSR count). The molecule has 3 N–H and O–H groups in total. The third-order valence-corrected chi connectivity index (χ3v) is 7.07. The first kappa shape index (κ1) is 20.2. The third kappa shape index (κ3) is 4.57. The second-order valence-corrected chi connectivity index (χ2v) is 9.00. The minimum atomic E-state index is -0.307. The predicted octanol–water partition coefficient (Wildman–Crippen LogP) is 3.10. The van der Waals surface area contributed by atoms with Gasteiger partial charge in [-0.3, -0.25) is 9.89 Å². The van der Waals surface area contributed by atoms with Gasteiger partial charge in [-0.1, -0.05) is 0 Å². The summed E-state index contributed by atoms with van der Waals surface area (Å²) in [6.07, 6.45) is 8.35. The van der Waals surface area contributed by atoms with Crippen LogP contribution in [-0.4, -0.2) is 58.1 Å². The molecule has 1 aromatic heterocycles. The maximum absolute atomic E-state index is 12.7. The minimum absolute atomic E-state index is 0.121. The maximum Gasteiger partial charge on any atom is 0.314 e. The van der Waals surface area contributed by atoms with Crippen molar-refractivity contribution in [2.75, 3.05) is 26.2 Å². The second-order valence-electron chi connectivity index (χ2n) is 8.15. The number of nitrogens with two attached hydrogens (primary N) is 1. The molecule has 2 saturated heterocycles. The number of H-pyrrole nitrogens is 1. The molecule has 3 amide bonds. The van der Waals surface area contributed by atoms with E-state index in [9.17, 15) is 9.59 Å². The first-order chi connectivity index (χ1) is 14.0. The zero-order chi connectivity index (χ0) is 20.4. The summed E-state index contributed by atoms with van der Waals surface area (Å²) in [5.41, 5.74) is 7.44. The van der Waals surface area contributed by atoms with E-state index in [0.717, 1.165) is 72.8 Å². The molecular formula is C21H27BrN5O2. The molecule has 0 atom stereocenters. The summed E-state index contributed by atoms with van der Waals surface area (Å²) in [7, 11) is 0. The lowest BCUT2D eigenvalue weighted by Crippen LogP contribution is -2.45. The summed E-state index contributed by atoms with van der Waals surface area (Å²) >= 11 is 3.56. The molecule has 0 bridgehead atoms. The lowest BCUT2D eigenvalue weighted by molar-refractivity contribution is -0.129. The number of primary amides is 1. The Morgan fingerprint density at radius 1 is 1.10 bits per heavy atom. The normalized spacial score (nSPS) is 19.1. The fourth-order valence-corrected chi connectivity index (χ4v) is 5.32. The number of piperidine rings is 2. The summed E-state index contributed by atoms with van der Waals surface area (Å²) in [4.78, 5) is 27.6. The van der Waals surface area contributed by atoms with E-state index in [1.54, 1.807) is 17.5 Å². The Balaban J connectivity index is 1.24. The van der Waals surface area contributed by atoms with Gasteiger partial charge in [0.2, 0.25) is 5.91 Å². The Labute approximate surface area is 179 Å². The highest BCUT2D eigenvalue weighted by Gasteiger charge is 2.31. The number of hydrogen-bond acceptors (Lipinski definition) is 3. The zero-order valence-corrected chi connectivity index (χ0v) is 18.0. The molecule has 155 valence electrons. The van der Waals surface area contributed by atoms with Gasteiger partial charge in [-0.2, -0.15) is 5.10 Å². The molecular weight excluding hydrogens is 434 g/mol. The Morgan fingerprint density at radius 2 is 1.72 bits per heavy atom. The summed E-state index contributed by atoms with van der Waals surface area (Å²) in [5.74, 6) is 1.41. The van der Waals surface area contributed by atoms with E-state index < -0.39 is 0 Å². The predicted molar refractivity (Wildman–Crippen MR) is 115 cm³/mol. The Hall–Kier alpha value is -2.09. The molecule has 3 heterocycles. The molecule has 1 radical (unpaired) electrons. The number of nitrogens with zero attached hydrogens (tertiary/aromatic N) is 3. The number of likely N-dealkylation sites (tertiary alicyclic amines) is 2. The van der Waals surface area contributed by atoms with Crippen LogP contribution in [0.5, 0.6) is 0 Å². The Morgan fingerprint density at radius 3 is 2.34 bits per heavy atom. The van der Waals surface area contributed by atoms with Crippen LogP contribution in [0.25, 0.3) is 10.9 Å². The van der Waals surface area contributed by atoms with E-state index in [2.05, 4.69) is 32.2 Å². The van der Waals surface area contributed by atoms with Crippen molar-refractivity contribution in [2.24, 2.45) is 17.6 Å². The highest BCUT2D eigenvalue weighted by molar-refractivity contribution is 9.10. The summed E-state index contributed by atoms with van der Waals surface area (Å²) in [6.45, 7) is 3.17. The van der Waals surface area contributed by atoms with E-state index in [1.165, 1.54) is 0 Å². The molecule has 2 aliphatic heterocycles. The number of fused-ring (bicyclic) bond motifs is 1. The maximum atomic E-state index is 12.7. The summed E-state index contributed by atoms with van der Waals surface area (Å²) in [5, 5.41) is 8.07. The molecule has 0 aliphatic carbocycles. The van der Waals surface area contributed by atoms with Gasteiger partial charge in [0.1, 0.15) is 0 Å². The number of hydrogen-bond donors (Lipinski definition) is 2. The second kappa shape index (κ2) is 8.73. The van der Waals surface area contributed by atoms with Crippen molar-refractivity contribution in [1.29, 1.82) is 0 Å². The van der Waals surface area contributed by atoms with Gasteiger partial charge in [0, 0.05) is 36.0 Å². The molecule has 8 heteroatoms. The van der Waals surface area contributed by atoms with E-state index >= 15 is 0 Å². The number of urea groups is 1.